The Morgan fingerprint density at radius 3 is 2.88 bits per heavy atom. The van der Waals surface area contributed by atoms with Gasteiger partial charge in [-0.15, -0.1) is 0 Å². The number of hydrogen-bond acceptors (Lipinski definition) is 2. The van der Waals surface area contributed by atoms with Crippen LogP contribution in [0.5, 0.6) is 5.75 Å². The molecule has 3 aliphatic rings. The van der Waals surface area contributed by atoms with Crippen LogP contribution in [0.25, 0.3) is 0 Å². The molecule has 4 rings (SSSR count). The number of phenols is 1. The van der Waals surface area contributed by atoms with E-state index in [0.717, 1.165) is 12.0 Å². The average Bonchev–Trinajstić information content (AvgIpc) is 2.90. The van der Waals surface area contributed by atoms with Crippen molar-refractivity contribution in [2.45, 2.75) is 70.8 Å². The Hall–Kier alpha value is -1.28. The molecule has 130 valence electrons. The lowest BCUT2D eigenvalue weighted by molar-refractivity contribution is 0.0304. The standard InChI is InChI=1S/C22H30O2/c1-3-4-5-14-6-9-20-18-13-21(24)19-12-15(23)7-8-16(19)17(18)10-11-22(14,20)2/h5,7-8,12,17-18,20-21,23-24H,3-4,6,9-11,13H2,1-2H3/t17-,18-,20+,21-,22-/m1/s1. The third kappa shape index (κ3) is 2.34. The molecule has 1 aromatic rings. The maximum Gasteiger partial charge on any atom is 0.115 e. The summed E-state index contributed by atoms with van der Waals surface area (Å²) >= 11 is 0. The van der Waals surface area contributed by atoms with E-state index in [1.807, 2.05) is 0 Å². The van der Waals surface area contributed by atoms with Crippen LogP contribution in [0.1, 0.15) is 81.9 Å². The molecule has 0 heterocycles. The van der Waals surface area contributed by atoms with Gasteiger partial charge in [0.25, 0.3) is 0 Å². The number of fused-ring (bicyclic) bond motifs is 5. The normalized spacial score (nSPS) is 39.4. The van der Waals surface area contributed by atoms with Crippen molar-refractivity contribution in [2.75, 3.05) is 0 Å². The van der Waals surface area contributed by atoms with Gasteiger partial charge in [-0.2, -0.15) is 0 Å². The smallest absolute Gasteiger partial charge is 0.115 e. The van der Waals surface area contributed by atoms with E-state index in [-0.39, 0.29) is 5.75 Å². The van der Waals surface area contributed by atoms with Crippen LogP contribution in [-0.2, 0) is 0 Å². The van der Waals surface area contributed by atoms with Crippen molar-refractivity contribution >= 4 is 0 Å². The summed E-state index contributed by atoms with van der Waals surface area (Å²) in [5.74, 6) is 2.13. The van der Waals surface area contributed by atoms with Crippen molar-refractivity contribution < 1.29 is 10.2 Å². The molecule has 2 nitrogen and oxygen atoms in total. The lowest BCUT2D eigenvalue weighted by Gasteiger charge is -2.50. The minimum atomic E-state index is -0.417. The fourth-order valence-corrected chi connectivity index (χ4v) is 6.08. The third-order valence-corrected chi connectivity index (χ3v) is 7.29. The molecule has 0 unspecified atom stereocenters. The molecule has 0 radical (unpaired) electrons. The number of rotatable bonds is 2. The van der Waals surface area contributed by atoms with Crippen molar-refractivity contribution in [3.8, 4) is 5.75 Å². The molecule has 2 N–H and O–H groups in total. The molecule has 0 amide bonds. The fourth-order valence-electron chi connectivity index (χ4n) is 6.08. The lowest BCUT2D eigenvalue weighted by atomic mass is 9.54. The molecule has 5 atom stereocenters. The summed E-state index contributed by atoms with van der Waals surface area (Å²) in [7, 11) is 0. The summed E-state index contributed by atoms with van der Waals surface area (Å²) < 4.78 is 0. The molecule has 24 heavy (non-hydrogen) atoms. The number of aliphatic hydroxyl groups excluding tert-OH is 1. The van der Waals surface area contributed by atoms with Crippen LogP contribution in [0, 0.1) is 17.3 Å². The number of aromatic hydroxyl groups is 1. The molecular weight excluding hydrogens is 296 g/mol. The summed E-state index contributed by atoms with van der Waals surface area (Å²) in [5.41, 5.74) is 4.31. The Labute approximate surface area is 145 Å². The van der Waals surface area contributed by atoms with E-state index in [0.29, 0.717) is 23.2 Å². The lowest BCUT2D eigenvalue weighted by Crippen LogP contribution is -2.41. The van der Waals surface area contributed by atoms with E-state index in [1.165, 1.54) is 44.1 Å². The second-order valence-electron chi connectivity index (χ2n) is 8.45. The van der Waals surface area contributed by atoms with Crippen LogP contribution < -0.4 is 0 Å². The molecule has 0 bridgehead atoms. The largest absolute Gasteiger partial charge is 0.508 e. The Morgan fingerprint density at radius 1 is 1.25 bits per heavy atom. The Kier molecular flexibility index (Phi) is 3.99. The minimum absolute atomic E-state index is 0.276. The second kappa shape index (κ2) is 5.91. The number of aliphatic hydroxyl groups is 1. The highest BCUT2D eigenvalue weighted by Gasteiger charge is 2.53. The highest BCUT2D eigenvalue weighted by molar-refractivity contribution is 5.42. The number of phenolic OH excluding ortho intramolecular Hbond substituents is 1. The average molecular weight is 326 g/mol. The van der Waals surface area contributed by atoms with Gasteiger partial charge in [0.1, 0.15) is 5.75 Å². The summed E-state index contributed by atoms with van der Waals surface area (Å²) in [6, 6.07) is 5.64. The van der Waals surface area contributed by atoms with Gasteiger partial charge in [0.05, 0.1) is 6.10 Å². The molecule has 0 spiro atoms. The first kappa shape index (κ1) is 16.2. The Bertz CT molecular complexity index is 662. The van der Waals surface area contributed by atoms with Crippen molar-refractivity contribution in [3.05, 3.63) is 41.0 Å². The zero-order chi connectivity index (χ0) is 16.9. The Balaban J connectivity index is 1.68. The molecule has 0 aromatic heterocycles. The van der Waals surface area contributed by atoms with Crippen molar-refractivity contribution in [1.82, 2.24) is 0 Å². The zero-order valence-electron chi connectivity index (χ0n) is 15.0. The highest BCUT2D eigenvalue weighted by Crippen LogP contribution is 2.64. The predicted molar refractivity (Wildman–Crippen MR) is 97.0 cm³/mol. The Morgan fingerprint density at radius 2 is 2.08 bits per heavy atom. The first-order valence-electron chi connectivity index (χ1n) is 9.75. The van der Waals surface area contributed by atoms with Gasteiger partial charge >= 0.3 is 0 Å². The van der Waals surface area contributed by atoms with E-state index in [1.54, 1.807) is 17.7 Å². The van der Waals surface area contributed by atoms with E-state index < -0.39 is 6.10 Å². The highest BCUT2D eigenvalue weighted by atomic mass is 16.3. The number of unbranched alkanes of at least 4 members (excludes halogenated alkanes) is 1. The molecule has 2 fully saturated rings. The van der Waals surface area contributed by atoms with Crippen LogP contribution >= 0.6 is 0 Å². The molecule has 2 heteroatoms. The van der Waals surface area contributed by atoms with Crippen molar-refractivity contribution in [3.63, 3.8) is 0 Å². The van der Waals surface area contributed by atoms with Gasteiger partial charge in [-0.25, -0.2) is 0 Å². The van der Waals surface area contributed by atoms with E-state index in [4.69, 9.17) is 0 Å². The van der Waals surface area contributed by atoms with Gasteiger partial charge in [-0.3, -0.25) is 0 Å². The van der Waals surface area contributed by atoms with Crippen molar-refractivity contribution in [2.24, 2.45) is 17.3 Å². The molecular formula is C22H30O2. The van der Waals surface area contributed by atoms with Crippen LogP contribution in [-0.4, -0.2) is 10.2 Å². The number of benzene rings is 1. The van der Waals surface area contributed by atoms with Crippen molar-refractivity contribution in [1.29, 1.82) is 0 Å². The summed E-state index contributed by atoms with van der Waals surface area (Å²) in [6.07, 6.45) is 10.4. The van der Waals surface area contributed by atoms with Crippen LogP contribution in [0.2, 0.25) is 0 Å². The summed E-state index contributed by atoms with van der Waals surface area (Å²) in [5, 5.41) is 20.5. The van der Waals surface area contributed by atoms with E-state index >= 15 is 0 Å². The minimum Gasteiger partial charge on any atom is -0.508 e. The van der Waals surface area contributed by atoms with Crippen LogP contribution in [0.15, 0.2) is 29.8 Å². The van der Waals surface area contributed by atoms with Gasteiger partial charge in [0.2, 0.25) is 0 Å². The first-order valence-corrected chi connectivity index (χ1v) is 9.75. The molecule has 2 saturated carbocycles. The van der Waals surface area contributed by atoms with E-state index in [2.05, 4.69) is 26.0 Å². The molecule has 3 aliphatic carbocycles. The monoisotopic (exact) mass is 326 g/mol. The summed E-state index contributed by atoms with van der Waals surface area (Å²) in [6.45, 7) is 4.74. The second-order valence-corrected chi connectivity index (χ2v) is 8.45. The number of allylic oxidation sites excluding steroid dienone is 2. The fraction of sp³-hybridized carbons (Fsp3) is 0.636. The number of hydrogen-bond donors (Lipinski definition) is 2. The quantitative estimate of drug-likeness (QED) is 0.708. The van der Waals surface area contributed by atoms with Gasteiger partial charge < -0.3 is 10.2 Å². The summed E-state index contributed by atoms with van der Waals surface area (Å²) in [4.78, 5) is 0. The van der Waals surface area contributed by atoms with Gasteiger partial charge in [-0.05, 0) is 85.0 Å². The third-order valence-electron chi connectivity index (χ3n) is 7.29. The SMILES string of the molecule is CCCC=C1CC[C@H]2[C@@H]3C[C@@H](O)c4cc(O)ccc4[C@H]3CC[C@]12C. The maximum absolute atomic E-state index is 10.7. The van der Waals surface area contributed by atoms with Crippen LogP contribution in [0.4, 0.5) is 0 Å². The molecule has 0 saturated heterocycles. The van der Waals surface area contributed by atoms with E-state index in [9.17, 15) is 10.2 Å². The predicted octanol–water partition coefficient (Wildman–Crippen LogP) is 5.47. The maximum atomic E-state index is 10.7. The van der Waals surface area contributed by atoms with Gasteiger partial charge in [0.15, 0.2) is 0 Å². The van der Waals surface area contributed by atoms with Gasteiger partial charge in [0, 0.05) is 0 Å². The molecule has 1 aromatic carbocycles. The topological polar surface area (TPSA) is 40.5 Å². The zero-order valence-corrected chi connectivity index (χ0v) is 15.0. The first-order chi connectivity index (χ1) is 11.5. The molecule has 0 aliphatic heterocycles. The van der Waals surface area contributed by atoms with Crippen LogP contribution in [0.3, 0.4) is 0 Å². The van der Waals surface area contributed by atoms with Gasteiger partial charge in [-0.1, -0.05) is 38.0 Å².